The molecule has 3 aromatic carbocycles. The first kappa shape index (κ1) is 18.6. The van der Waals surface area contributed by atoms with Crippen LogP contribution in [0.1, 0.15) is 10.4 Å². The smallest absolute Gasteiger partial charge is 0.287 e. The quantitative estimate of drug-likeness (QED) is 0.371. The van der Waals surface area contributed by atoms with Crippen LogP contribution < -0.4 is 14.0 Å². The molecule has 0 radical (unpaired) electrons. The Morgan fingerprint density at radius 3 is 2.48 bits per heavy atom. The van der Waals surface area contributed by atoms with Crippen molar-refractivity contribution in [2.75, 3.05) is 14.2 Å². The fourth-order valence-corrected chi connectivity index (χ4v) is 3.35. The second-order valence-corrected chi connectivity index (χ2v) is 6.64. The maximum absolute atomic E-state index is 12.7. The van der Waals surface area contributed by atoms with Crippen LogP contribution in [0.25, 0.3) is 22.0 Å². The lowest BCUT2D eigenvalue weighted by molar-refractivity contribution is -0.686. The molecule has 0 fully saturated rings. The van der Waals surface area contributed by atoms with Gasteiger partial charge in [-0.05, 0) is 40.0 Å². The standard InChI is InChI=1S/C24H21N2O3/c1-28-23-11-10-18(14-24(23)29-2)22(27)15-26-13-12-21(25-16-26)20-9-5-7-17-6-3-4-8-19(17)20/h3-14,16H,15H2,1-2H3/q+1. The molecule has 29 heavy (non-hydrogen) atoms. The lowest BCUT2D eigenvalue weighted by atomic mass is 10.0. The van der Waals surface area contributed by atoms with E-state index in [1.165, 1.54) is 5.39 Å². The van der Waals surface area contributed by atoms with E-state index in [4.69, 9.17) is 9.47 Å². The SMILES string of the molecule is COc1ccc(C(=O)C[n+]2ccc(-c3cccc4ccccc34)nc2)cc1OC. The summed E-state index contributed by atoms with van der Waals surface area (Å²) in [5, 5.41) is 2.33. The summed E-state index contributed by atoms with van der Waals surface area (Å²) in [4.78, 5) is 17.2. The van der Waals surface area contributed by atoms with Gasteiger partial charge in [0.2, 0.25) is 5.78 Å². The molecule has 0 unspecified atom stereocenters. The van der Waals surface area contributed by atoms with Crippen molar-refractivity contribution in [3.8, 4) is 22.8 Å². The minimum absolute atomic E-state index is 0.0318. The second kappa shape index (κ2) is 8.10. The van der Waals surface area contributed by atoms with Gasteiger partial charge < -0.3 is 9.47 Å². The highest BCUT2D eigenvalue weighted by Gasteiger charge is 2.15. The molecule has 0 aliphatic heterocycles. The highest BCUT2D eigenvalue weighted by molar-refractivity contribution is 5.96. The fraction of sp³-hybridized carbons (Fsp3) is 0.125. The Kier molecular flexibility index (Phi) is 5.20. The molecular weight excluding hydrogens is 364 g/mol. The Labute approximate surface area is 169 Å². The van der Waals surface area contributed by atoms with Crippen LogP contribution >= 0.6 is 0 Å². The van der Waals surface area contributed by atoms with Crippen molar-refractivity contribution in [2.24, 2.45) is 0 Å². The molecule has 0 N–H and O–H groups in total. The average Bonchev–Trinajstić information content (AvgIpc) is 2.78. The zero-order chi connectivity index (χ0) is 20.2. The highest BCUT2D eigenvalue weighted by atomic mass is 16.5. The van der Waals surface area contributed by atoms with Gasteiger partial charge in [0.15, 0.2) is 23.7 Å². The minimum atomic E-state index is -0.0318. The van der Waals surface area contributed by atoms with Gasteiger partial charge in [0, 0.05) is 17.2 Å². The van der Waals surface area contributed by atoms with Gasteiger partial charge >= 0.3 is 0 Å². The van der Waals surface area contributed by atoms with Crippen LogP contribution in [0.5, 0.6) is 11.5 Å². The van der Waals surface area contributed by atoms with Crippen LogP contribution in [0.3, 0.4) is 0 Å². The second-order valence-electron chi connectivity index (χ2n) is 6.64. The molecule has 0 aliphatic rings. The van der Waals surface area contributed by atoms with Crippen molar-refractivity contribution < 1.29 is 18.8 Å². The van der Waals surface area contributed by atoms with Crippen molar-refractivity contribution in [3.05, 3.63) is 84.8 Å². The number of benzene rings is 3. The molecule has 0 aliphatic carbocycles. The zero-order valence-corrected chi connectivity index (χ0v) is 16.3. The molecule has 0 bridgehead atoms. The number of hydrogen-bond acceptors (Lipinski definition) is 4. The number of hydrogen-bond donors (Lipinski definition) is 0. The van der Waals surface area contributed by atoms with E-state index in [1.54, 1.807) is 43.3 Å². The molecule has 1 heterocycles. The lowest BCUT2D eigenvalue weighted by Gasteiger charge is -2.08. The minimum Gasteiger partial charge on any atom is -0.493 e. The summed E-state index contributed by atoms with van der Waals surface area (Å²) in [6.45, 7) is 0.193. The zero-order valence-electron chi connectivity index (χ0n) is 16.3. The van der Waals surface area contributed by atoms with E-state index in [-0.39, 0.29) is 12.3 Å². The van der Waals surface area contributed by atoms with E-state index in [9.17, 15) is 4.79 Å². The third-order valence-electron chi connectivity index (χ3n) is 4.87. The number of ketones is 1. The van der Waals surface area contributed by atoms with E-state index in [0.29, 0.717) is 17.1 Å². The molecule has 5 heteroatoms. The molecule has 0 spiro atoms. The van der Waals surface area contributed by atoms with E-state index < -0.39 is 0 Å². The molecular formula is C24H21N2O3+. The van der Waals surface area contributed by atoms with Gasteiger partial charge in [-0.2, -0.15) is 0 Å². The van der Waals surface area contributed by atoms with Crippen molar-refractivity contribution in [1.29, 1.82) is 0 Å². The number of carbonyl (C=O) groups excluding carboxylic acids is 1. The molecule has 4 aromatic rings. The molecule has 4 rings (SSSR count). The van der Waals surface area contributed by atoms with E-state index in [0.717, 1.165) is 16.6 Å². The maximum Gasteiger partial charge on any atom is 0.287 e. The molecule has 0 saturated carbocycles. The molecule has 5 nitrogen and oxygen atoms in total. The molecule has 0 saturated heterocycles. The normalized spacial score (nSPS) is 10.7. The first-order chi connectivity index (χ1) is 14.2. The lowest BCUT2D eigenvalue weighted by Crippen LogP contribution is -2.37. The Morgan fingerprint density at radius 1 is 0.931 bits per heavy atom. The highest BCUT2D eigenvalue weighted by Crippen LogP contribution is 2.28. The number of aromatic nitrogens is 2. The number of Topliss-reactive ketones (excluding diaryl/α,β-unsaturated/α-hetero) is 1. The summed E-state index contributed by atoms with van der Waals surface area (Å²) in [7, 11) is 3.12. The number of fused-ring (bicyclic) bond motifs is 1. The van der Waals surface area contributed by atoms with Crippen LogP contribution in [0, 0.1) is 0 Å². The number of methoxy groups -OCH3 is 2. The van der Waals surface area contributed by atoms with Crippen LogP contribution in [0.4, 0.5) is 0 Å². The first-order valence-corrected chi connectivity index (χ1v) is 9.28. The Morgan fingerprint density at radius 2 is 1.72 bits per heavy atom. The monoisotopic (exact) mass is 385 g/mol. The first-order valence-electron chi connectivity index (χ1n) is 9.28. The van der Waals surface area contributed by atoms with E-state index >= 15 is 0 Å². The van der Waals surface area contributed by atoms with Gasteiger partial charge in [-0.3, -0.25) is 4.79 Å². The largest absolute Gasteiger partial charge is 0.493 e. The van der Waals surface area contributed by atoms with Crippen LogP contribution in [-0.4, -0.2) is 25.0 Å². The number of nitrogens with zero attached hydrogens (tertiary/aromatic N) is 2. The summed E-state index contributed by atoms with van der Waals surface area (Å²) in [5.74, 6) is 1.10. The van der Waals surface area contributed by atoms with Crippen LogP contribution in [-0.2, 0) is 6.54 Å². The van der Waals surface area contributed by atoms with E-state index in [2.05, 4.69) is 29.2 Å². The summed E-state index contributed by atoms with van der Waals surface area (Å²) in [5.41, 5.74) is 2.51. The topological polar surface area (TPSA) is 52.3 Å². The number of ether oxygens (including phenoxy) is 2. The third-order valence-corrected chi connectivity index (χ3v) is 4.87. The predicted octanol–water partition coefficient (Wildman–Crippen LogP) is 4.09. The number of carbonyl (C=O) groups is 1. The summed E-state index contributed by atoms with van der Waals surface area (Å²) in [6, 6.07) is 21.5. The van der Waals surface area contributed by atoms with Gasteiger partial charge in [-0.1, -0.05) is 36.4 Å². The van der Waals surface area contributed by atoms with Crippen molar-refractivity contribution >= 4 is 16.6 Å². The summed E-state index contributed by atoms with van der Waals surface area (Å²) in [6.07, 6.45) is 3.57. The van der Waals surface area contributed by atoms with Gasteiger partial charge in [-0.25, -0.2) is 4.57 Å². The number of rotatable bonds is 6. The van der Waals surface area contributed by atoms with Crippen molar-refractivity contribution in [1.82, 2.24) is 4.98 Å². The molecule has 0 amide bonds. The van der Waals surface area contributed by atoms with Gasteiger partial charge in [0.25, 0.3) is 6.33 Å². The Balaban J connectivity index is 1.56. The molecule has 144 valence electrons. The average molecular weight is 385 g/mol. The summed E-state index contributed by atoms with van der Waals surface area (Å²) >= 11 is 0. The van der Waals surface area contributed by atoms with Crippen LogP contribution in [0.2, 0.25) is 0 Å². The third kappa shape index (κ3) is 3.80. The molecule has 1 aromatic heterocycles. The Bertz CT molecular complexity index is 1170. The van der Waals surface area contributed by atoms with Crippen LogP contribution in [0.15, 0.2) is 79.3 Å². The summed E-state index contributed by atoms with van der Waals surface area (Å²) < 4.78 is 12.3. The predicted molar refractivity (Wildman–Crippen MR) is 111 cm³/mol. The Hall–Kier alpha value is -3.73. The van der Waals surface area contributed by atoms with Crippen molar-refractivity contribution in [2.45, 2.75) is 6.54 Å². The fourth-order valence-electron chi connectivity index (χ4n) is 3.35. The van der Waals surface area contributed by atoms with Gasteiger partial charge in [0.05, 0.1) is 20.4 Å². The maximum atomic E-state index is 12.7. The van der Waals surface area contributed by atoms with Gasteiger partial charge in [-0.15, -0.1) is 0 Å². The van der Waals surface area contributed by atoms with E-state index in [1.807, 2.05) is 30.5 Å². The van der Waals surface area contributed by atoms with Crippen molar-refractivity contribution in [3.63, 3.8) is 0 Å². The van der Waals surface area contributed by atoms with Gasteiger partial charge in [0.1, 0.15) is 0 Å². The molecule has 0 atom stereocenters.